The van der Waals surface area contributed by atoms with Crippen LogP contribution in [0.1, 0.15) is 21.5 Å². The molecular formula is C18H15ClN4O3S2. The van der Waals surface area contributed by atoms with Gasteiger partial charge in [0.25, 0.3) is 15.9 Å². The van der Waals surface area contributed by atoms with Crippen molar-refractivity contribution >= 4 is 44.0 Å². The van der Waals surface area contributed by atoms with Crippen molar-refractivity contribution in [3.63, 3.8) is 0 Å². The van der Waals surface area contributed by atoms with Gasteiger partial charge in [0.05, 0.1) is 0 Å². The normalized spacial score (nSPS) is 14.5. The van der Waals surface area contributed by atoms with E-state index in [1.54, 1.807) is 24.3 Å². The zero-order valence-electron chi connectivity index (χ0n) is 14.5. The topological polar surface area (TPSA) is 92.3 Å². The predicted octanol–water partition coefficient (Wildman–Crippen LogP) is 3.19. The van der Waals surface area contributed by atoms with Gasteiger partial charge in [-0.2, -0.15) is 4.31 Å². The molecule has 10 heteroatoms. The Bertz CT molecular complexity index is 1130. The third-order valence-electron chi connectivity index (χ3n) is 4.39. The average Bonchev–Trinajstić information content (AvgIpc) is 3.17. The highest BCUT2D eigenvalue weighted by Crippen LogP contribution is 2.28. The first kappa shape index (κ1) is 19.0. The second kappa shape index (κ2) is 7.59. The summed E-state index contributed by atoms with van der Waals surface area (Å²) in [5, 5.41) is 10.8. The molecular weight excluding hydrogens is 420 g/mol. The van der Waals surface area contributed by atoms with Gasteiger partial charge in [-0.3, -0.25) is 10.1 Å². The van der Waals surface area contributed by atoms with Crippen LogP contribution < -0.4 is 5.32 Å². The number of halogens is 1. The van der Waals surface area contributed by atoms with Gasteiger partial charge in [0, 0.05) is 23.7 Å². The molecule has 0 aliphatic carbocycles. The minimum Gasteiger partial charge on any atom is -0.296 e. The zero-order valence-corrected chi connectivity index (χ0v) is 16.9. The Morgan fingerprint density at radius 3 is 2.54 bits per heavy atom. The summed E-state index contributed by atoms with van der Waals surface area (Å²) in [6.07, 6.45) is 0.647. The van der Waals surface area contributed by atoms with Crippen LogP contribution in [0.15, 0.2) is 52.9 Å². The van der Waals surface area contributed by atoms with E-state index < -0.39 is 15.9 Å². The van der Waals surface area contributed by atoms with E-state index in [2.05, 4.69) is 15.5 Å². The first-order chi connectivity index (χ1) is 13.4. The number of hydrogen-bond donors (Lipinski definition) is 1. The van der Waals surface area contributed by atoms with Crippen LogP contribution in [0.25, 0.3) is 0 Å². The summed E-state index contributed by atoms with van der Waals surface area (Å²) in [6.45, 7) is 0.677. The molecule has 0 spiro atoms. The van der Waals surface area contributed by atoms with Gasteiger partial charge in [-0.15, -0.1) is 10.2 Å². The highest BCUT2D eigenvalue weighted by molar-refractivity contribution is 7.91. The Balaban J connectivity index is 1.50. The second-order valence-electron chi connectivity index (χ2n) is 6.19. The summed E-state index contributed by atoms with van der Waals surface area (Å²) in [5.74, 6) is -0.413. The Hall–Kier alpha value is -2.33. The fourth-order valence-electron chi connectivity index (χ4n) is 2.92. The molecule has 2 aromatic carbocycles. The Morgan fingerprint density at radius 1 is 1.07 bits per heavy atom. The Kier molecular flexibility index (Phi) is 5.15. The van der Waals surface area contributed by atoms with Crippen LogP contribution in [0.4, 0.5) is 5.13 Å². The van der Waals surface area contributed by atoms with Gasteiger partial charge in [0.15, 0.2) is 0 Å². The van der Waals surface area contributed by atoms with E-state index in [-0.39, 0.29) is 9.47 Å². The Labute approximate surface area is 171 Å². The molecule has 1 aliphatic heterocycles. The van der Waals surface area contributed by atoms with Gasteiger partial charge < -0.3 is 0 Å². The highest BCUT2D eigenvalue weighted by atomic mass is 35.5. The van der Waals surface area contributed by atoms with Crippen molar-refractivity contribution in [1.29, 1.82) is 0 Å². The van der Waals surface area contributed by atoms with Gasteiger partial charge in [0.1, 0.15) is 0 Å². The van der Waals surface area contributed by atoms with Crippen molar-refractivity contribution in [3.05, 3.63) is 70.2 Å². The third kappa shape index (κ3) is 3.79. The molecule has 0 unspecified atom stereocenters. The van der Waals surface area contributed by atoms with Gasteiger partial charge in [-0.05, 0) is 41.8 Å². The predicted molar refractivity (Wildman–Crippen MR) is 107 cm³/mol. The minimum atomic E-state index is -3.78. The summed E-state index contributed by atoms with van der Waals surface area (Å²) in [5.41, 5.74) is 2.52. The molecule has 0 atom stereocenters. The number of aromatic nitrogens is 2. The molecule has 3 aromatic rings. The SMILES string of the molecule is O=C(Nc1nnc(S(=O)(=O)N2CCc3ccccc3C2)s1)c1ccc(Cl)cc1. The third-order valence-corrected chi connectivity index (χ3v) is 7.67. The number of amides is 1. The molecule has 0 radical (unpaired) electrons. The number of nitrogens with zero attached hydrogens (tertiary/aromatic N) is 3. The molecule has 144 valence electrons. The van der Waals surface area contributed by atoms with Crippen molar-refractivity contribution in [2.45, 2.75) is 17.3 Å². The highest BCUT2D eigenvalue weighted by Gasteiger charge is 2.31. The maximum Gasteiger partial charge on any atom is 0.272 e. The number of nitrogens with one attached hydrogen (secondary N) is 1. The summed E-state index contributed by atoms with van der Waals surface area (Å²) in [6, 6.07) is 14.1. The lowest BCUT2D eigenvalue weighted by Crippen LogP contribution is -2.35. The smallest absolute Gasteiger partial charge is 0.272 e. The van der Waals surface area contributed by atoms with E-state index >= 15 is 0 Å². The fourth-order valence-corrected chi connectivity index (χ4v) is 5.50. The fraction of sp³-hybridized carbons (Fsp3) is 0.167. The van der Waals surface area contributed by atoms with Crippen LogP contribution in [0.2, 0.25) is 5.02 Å². The lowest BCUT2D eigenvalue weighted by Gasteiger charge is -2.26. The molecule has 1 aliphatic rings. The number of anilines is 1. The number of rotatable bonds is 4. The molecule has 1 amide bonds. The van der Waals surface area contributed by atoms with Crippen molar-refractivity contribution in [3.8, 4) is 0 Å². The van der Waals surface area contributed by atoms with Gasteiger partial charge >= 0.3 is 0 Å². The quantitative estimate of drug-likeness (QED) is 0.636. The summed E-state index contributed by atoms with van der Waals surface area (Å²) in [4.78, 5) is 12.2. The standard InChI is InChI=1S/C18H15ClN4O3S2/c19-15-7-5-13(6-8-15)16(24)20-17-21-22-18(27-17)28(25,26)23-10-9-12-3-1-2-4-14(12)11-23/h1-8H,9-11H2,(H,20,21,24). The van der Waals surface area contributed by atoms with Crippen LogP contribution in [0.5, 0.6) is 0 Å². The van der Waals surface area contributed by atoms with Crippen molar-refractivity contribution in [1.82, 2.24) is 14.5 Å². The van der Waals surface area contributed by atoms with Crippen LogP contribution in [0.3, 0.4) is 0 Å². The van der Waals surface area contributed by atoms with Crippen molar-refractivity contribution < 1.29 is 13.2 Å². The lowest BCUT2D eigenvalue weighted by atomic mass is 10.0. The van der Waals surface area contributed by atoms with Crippen LogP contribution in [-0.4, -0.2) is 35.4 Å². The molecule has 1 aromatic heterocycles. The largest absolute Gasteiger partial charge is 0.296 e. The first-order valence-electron chi connectivity index (χ1n) is 8.41. The molecule has 4 rings (SSSR count). The molecule has 2 heterocycles. The number of carbonyl (C=O) groups is 1. The molecule has 0 saturated carbocycles. The number of carbonyl (C=O) groups excluding carboxylic acids is 1. The maximum atomic E-state index is 12.9. The summed E-state index contributed by atoms with van der Waals surface area (Å²) >= 11 is 6.64. The van der Waals surface area contributed by atoms with Gasteiger partial charge in [-0.1, -0.05) is 47.2 Å². The van der Waals surface area contributed by atoms with E-state index in [4.69, 9.17) is 11.6 Å². The van der Waals surface area contributed by atoms with E-state index in [0.717, 1.165) is 22.5 Å². The second-order valence-corrected chi connectivity index (χ2v) is 9.72. The van der Waals surface area contributed by atoms with Crippen LogP contribution in [-0.2, 0) is 23.0 Å². The number of sulfonamides is 1. The summed E-state index contributed by atoms with van der Waals surface area (Å²) < 4.78 is 27.1. The van der Waals surface area contributed by atoms with Crippen LogP contribution >= 0.6 is 22.9 Å². The molecule has 7 nitrogen and oxygen atoms in total. The maximum absolute atomic E-state index is 12.9. The average molecular weight is 435 g/mol. The lowest BCUT2D eigenvalue weighted by molar-refractivity contribution is 0.102. The van der Waals surface area contributed by atoms with Gasteiger partial charge in [0.2, 0.25) is 9.47 Å². The number of fused-ring (bicyclic) bond motifs is 1. The van der Waals surface area contributed by atoms with E-state index in [1.807, 2.05) is 24.3 Å². The number of benzene rings is 2. The minimum absolute atomic E-state index is 0.121. The zero-order chi connectivity index (χ0) is 19.7. The molecule has 28 heavy (non-hydrogen) atoms. The first-order valence-corrected chi connectivity index (χ1v) is 11.0. The van der Waals surface area contributed by atoms with Crippen LogP contribution in [0, 0.1) is 0 Å². The van der Waals surface area contributed by atoms with Crippen molar-refractivity contribution in [2.75, 3.05) is 11.9 Å². The molecule has 1 N–H and O–H groups in total. The summed E-state index contributed by atoms with van der Waals surface area (Å²) in [7, 11) is -3.78. The molecule has 0 saturated heterocycles. The Morgan fingerprint density at radius 2 is 1.79 bits per heavy atom. The molecule has 0 fully saturated rings. The number of hydrogen-bond acceptors (Lipinski definition) is 6. The van der Waals surface area contributed by atoms with Gasteiger partial charge in [-0.25, -0.2) is 8.42 Å². The molecule has 0 bridgehead atoms. The van der Waals surface area contributed by atoms with E-state index in [1.165, 1.54) is 4.31 Å². The van der Waals surface area contributed by atoms with E-state index in [9.17, 15) is 13.2 Å². The van der Waals surface area contributed by atoms with E-state index in [0.29, 0.717) is 30.1 Å². The van der Waals surface area contributed by atoms with Crippen molar-refractivity contribution in [2.24, 2.45) is 0 Å². The monoisotopic (exact) mass is 434 g/mol.